The Balaban J connectivity index is 2.62. The summed E-state index contributed by atoms with van der Waals surface area (Å²) < 4.78 is 5.67. The van der Waals surface area contributed by atoms with Crippen LogP contribution in [0.2, 0.25) is 5.15 Å². The average molecular weight is 293 g/mol. The van der Waals surface area contributed by atoms with Gasteiger partial charge < -0.3 is 4.74 Å². The highest BCUT2D eigenvalue weighted by molar-refractivity contribution is 6.29. The Morgan fingerprint density at radius 2 is 1.95 bits per heavy atom. The first-order valence-corrected chi connectivity index (χ1v) is 6.44. The Hall–Kier alpha value is -2.14. The lowest BCUT2D eigenvalue weighted by atomic mass is 10.1. The predicted octanol–water partition coefficient (Wildman–Crippen LogP) is 4.10. The van der Waals surface area contributed by atoms with Crippen LogP contribution in [0.25, 0.3) is 11.3 Å². The fourth-order valence-electron chi connectivity index (χ4n) is 1.79. The van der Waals surface area contributed by atoms with Crippen LogP contribution in [0.15, 0.2) is 36.4 Å². The molecule has 2 rings (SSSR count). The minimum Gasteiger partial charge on any atom is -0.490 e. The van der Waals surface area contributed by atoms with Crippen LogP contribution in [-0.2, 0) is 0 Å². The number of aromatic nitrogens is 1. The Morgan fingerprint density at radius 1 is 1.25 bits per heavy atom. The van der Waals surface area contributed by atoms with Gasteiger partial charge in [0.25, 0.3) is 5.69 Å². The lowest BCUT2D eigenvalue weighted by Crippen LogP contribution is -2.07. The van der Waals surface area contributed by atoms with Gasteiger partial charge in [0.2, 0.25) is 0 Å². The Labute approximate surface area is 121 Å². The topological polar surface area (TPSA) is 65.3 Å². The normalized spacial score (nSPS) is 10.6. The van der Waals surface area contributed by atoms with Crippen LogP contribution in [0.5, 0.6) is 5.75 Å². The summed E-state index contributed by atoms with van der Waals surface area (Å²) >= 11 is 5.85. The van der Waals surface area contributed by atoms with E-state index < -0.39 is 4.92 Å². The monoisotopic (exact) mass is 292 g/mol. The molecule has 2 aromatic rings. The maximum absolute atomic E-state index is 11.1. The van der Waals surface area contributed by atoms with Crippen molar-refractivity contribution in [2.45, 2.75) is 20.0 Å². The standard InChI is InChI=1S/C14H13ClN2O3/c1-9(2)20-12-6-4-3-5-10(12)14-11(17(18)19)7-8-13(15)16-14/h3-9H,1-2H3. The number of hydrogen-bond acceptors (Lipinski definition) is 4. The van der Waals surface area contributed by atoms with E-state index >= 15 is 0 Å². The van der Waals surface area contributed by atoms with E-state index in [0.29, 0.717) is 11.3 Å². The van der Waals surface area contributed by atoms with Crippen molar-refractivity contribution in [1.29, 1.82) is 0 Å². The summed E-state index contributed by atoms with van der Waals surface area (Å²) in [7, 11) is 0. The molecule has 0 spiro atoms. The number of nitrogens with zero attached hydrogens (tertiary/aromatic N) is 2. The fraction of sp³-hybridized carbons (Fsp3) is 0.214. The fourth-order valence-corrected chi connectivity index (χ4v) is 1.94. The molecule has 0 bridgehead atoms. The van der Waals surface area contributed by atoms with Gasteiger partial charge in [-0.15, -0.1) is 0 Å². The zero-order valence-electron chi connectivity index (χ0n) is 11.0. The molecule has 20 heavy (non-hydrogen) atoms. The first-order chi connectivity index (χ1) is 9.49. The molecule has 1 heterocycles. The molecule has 0 unspecified atom stereocenters. The zero-order valence-corrected chi connectivity index (χ0v) is 11.8. The van der Waals surface area contributed by atoms with E-state index in [2.05, 4.69) is 4.98 Å². The third-order valence-corrected chi connectivity index (χ3v) is 2.75. The van der Waals surface area contributed by atoms with E-state index in [4.69, 9.17) is 16.3 Å². The van der Waals surface area contributed by atoms with Crippen molar-refractivity contribution in [3.8, 4) is 17.0 Å². The van der Waals surface area contributed by atoms with Gasteiger partial charge in [0.15, 0.2) is 5.69 Å². The van der Waals surface area contributed by atoms with Gasteiger partial charge in [0.05, 0.1) is 11.0 Å². The summed E-state index contributed by atoms with van der Waals surface area (Å²) in [4.78, 5) is 14.7. The van der Waals surface area contributed by atoms with Crippen LogP contribution in [0.3, 0.4) is 0 Å². The molecule has 0 fully saturated rings. The number of benzene rings is 1. The van der Waals surface area contributed by atoms with Crippen LogP contribution in [0.4, 0.5) is 5.69 Å². The quantitative estimate of drug-likeness (QED) is 0.483. The molecule has 6 heteroatoms. The van der Waals surface area contributed by atoms with Gasteiger partial charge in [0, 0.05) is 11.6 Å². The zero-order chi connectivity index (χ0) is 14.7. The molecular formula is C14H13ClN2O3. The van der Waals surface area contributed by atoms with Gasteiger partial charge in [-0.05, 0) is 32.0 Å². The number of nitro groups is 1. The largest absolute Gasteiger partial charge is 0.490 e. The molecular weight excluding hydrogens is 280 g/mol. The van der Waals surface area contributed by atoms with E-state index in [1.54, 1.807) is 24.3 Å². The second-order valence-corrected chi connectivity index (χ2v) is 4.81. The molecule has 1 aromatic carbocycles. The first kappa shape index (κ1) is 14.3. The van der Waals surface area contributed by atoms with Crippen molar-refractivity contribution >= 4 is 17.3 Å². The molecule has 5 nitrogen and oxygen atoms in total. The summed E-state index contributed by atoms with van der Waals surface area (Å²) in [6.07, 6.45) is -0.0469. The van der Waals surface area contributed by atoms with Crippen LogP contribution in [-0.4, -0.2) is 16.0 Å². The Bertz CT molecular complexity index is 644. The highest BCUT2D eigenvalue weighted by atomic mass is 35.5. The minimum atomic E-state index is -0.481. The number of rotatable bonds is 4. The second kappa shape index (κ2) is 5.88. The predicted molar refractivity (Wildman–Crippen MR) is 77.1 cm³/mol. The van der Waals surface area contributed by atoms with Crippen LogP contribution >= 0.6 is 11.6 Å². The highest BCUT2D eigenvalue weighted by Gasteiger charge is 2.20. The van der Waals surface area contributed by atoms with Crippen molar-refractivity contribution in [2.24, 2.45) is 0 Å². The van der Waals surface area contributed by atoms with E-state index in [0.717, 1.165) is 0 Å². The van der Waals surface area contributed by atoms with Gasteiger partial charge >= 0.3 is 0 Å². The van der Waals surface area contributed by atoms with Gasteiger partial charge in [0.1, 0.15) is 10.9 Å². The molecule has 0 amide bonds. The third-order valence-electron chi connectivity index (χ3n) is 2.54. The van der Waals surface area contributed by atoms with Gasteiger partial charge in [-0.2, -0.15) is 0 Å². The Kier molecular flexibility index (Phi) is 4.20. The lowest BCUT2D eigenvalue weighted by Gasteiger charge is -2.13. The van der Waals surface area contributed by atoms with Gasteiger partial charge in [-0.3, -0.25) is 10.1 Å². The number of halogens is 1. The molecule has 1 aromatic heterocycles. The van der Waals surface area contributed by atoms with E-state index in [9.17, 15) is 10.1 Å². The average Bonchev–Trinajstić information content (AvgIpc) is 2.38. The Morgan fingerprint density at radius 3 is 2.60 bits per heavy atom. The summed E-state index contributed by atoms with van der Waals surface area (Å²) in [6, 6.07) is 9.80. The summed E-state index contributed by atoms with van der Waals surface area (Å²) in [5, 5.41) is 11.3. The summed E-state index contributed by atoms with van der Waals surface area (Å²) in [6.45, 7) is 3.77. The van der Waals surface area contributed by atoms with E-state index in [1.807, 2.05) is 13.8 Å². The molecule has 104 valence electrons. The molecule has 0 aliphatic rings. The second-order valence-electron chi connectivity index (χ2n) is 4.42. The molecule has 0 aliphatic heterocycles. The van der Waals surface area contributed by atoms with Crippen molar-refractivity contribution in [1.82, 2.24) is 4.98 Å². The molecule has 0 aliphatic carbocycles. The molecule has 0 saturated carbocycles. The van der Waals surface area contributed by atoms with E-state index in [1.165, 1.54) is 12.1 Å². The smallest absolute Gasteiger partial charge is 0.295 e. The number of para-hydroxylation sites is 1. The summed E-state index contributed by atoms with van der Waals surface area (Å²) in [5.74, 6) is 0.542. The molecule has 0 N–H and O–H groups in total. The molecule has 0 radical (unpaired) electrons. The maximum atomic E-state index is 11.1. The molecule has 0 saturated heterocycles. The van der Waals surface area contributed by atoms with Gasteiger partial charge in [-0.1, -0.05) is 23.7 Å². The number of hydrogen-bond donors (Lipinski definition) is 0. The first-order valence-electron chi connectivity index (χ1n) is 6.06. The maximum Gasteiger partial charge on any atom is 0.295 e. The van der Waals surface area contributed by atoms with Crippen LogP contribution in [0, 0.1) is 10.1 Å². The van der Waals surface area contributed by atoms with E-state index in [-0.39, 0.29) is 22.6 Å². The molecule has 0 atom stereocenters. The highest BCUT2D eigenvalue weighted by Crippen LogP contribution is 2.35. The van der Waals surface area contributed by atoms with Crippen molar-refractivity contribution in [2.75, 3.05) is 0 Å². The van der Waals surface area contributed by atoms with Crippen LogP contribution in [0.1, 0.15) is 13.8 Å². The van der Waals surface area contributed by atoms with Crippen LogP contribution < -0.4 is 4.74 Å². The van der Waals surface area contributed by atoms with Crippen molar-refractivity contribution < 1.29 is 9.66 Å². The SMILES string of the molecule is CC(C)Oc1ccccc1-c1nc(Cl)ccc1[N+](=O)[O-]. The lowest BCUT2D eigenvalue weighted by molar-refractivity contribution is -0.384. The number of ether oxygens (including phenoxy) is 1. The minimum absolute atomic E-state index is 0.0469. The summed E-state index contributed by atoms with van der Waals surface area (Å²) in [5.41, 5.74) is 0.656. The third kappa shape index (κ3) is 3.05. The van der Waals surface area contributed by atoms with Crippen molar-refractivity contribution in [3.63, 3.8) is 0 Å². The van der Waals surface area contributed by atoms with Gasteiger partial charge in [-0.25, -0.2) is 4.98 Å². The number of pyridine rings is 1. The van der Waals surface area contributed by atoms with Crippen molar-refractivity contribution in [3.05, 3.63) is 51.7 Å².